The summed E-state index contributed by atoms with van der Waals surface area (Å²) in [6, 6.07) is 6.77. The second-order valence-electron chi connectivity index (χ2n) is 6.12. The quantitative estimate of drug-likeness (QED) is 0.804. The van der Waals surface area contributed by atoms with Crippen molar-refractivity contribution in [3.63, 3.8) is 0 Å². The molecule has 1 amide bonds. The van der Waals surface area contributed by atoms with Crippen LogP contribution in [0, 0.1) is 0 Å². The average molecular weight is 339 g/mol. The number of nitrogens with one attached hydrogen (secondary N) is 1. The van der Waals surface area contributed by atoms with Crippen LogP contribution in [0.3, 0.4) is 0 Å². The predicted molar refractivity (Wildman–Crippen MR) is 89.4 cm³/mol. The molecule has 6 nitrogen and oxygen atoms in total. The molecule has 7 heteroatoms. The number of carbonyl (C=O) groups is 1. The Morgan fingerprint density at radius 3 is 2.61 bits per heavy atom. The number of carbonyl (C=O) groups excluding carboxylic acids is 1. The summed E-state index contributed by atoms with van der Waals surface area (Å²) in [4.78, 5) is 14.4. The summed E-state index contributed by atoms with van der Waals surface area (Å²) in [5, 5.41) is 7.99. The minimum absolute atomic E-state index is 0.0740. The zero-order chi connectivity index (χ0) is 16.9. The van der Waals surface area contributed by atoms with Gasteiger partial charge >= 0.3 is 0 Å². The molecule has 1 saturated heterocycles. The number of nitrogens with zero attached hydrogens (tertiary/aromatic N) is 1. The van der Waals surface area contributed by atoms with Crippen molar-refractivity contribution in [2.75, 3.05) is 20.1 Å². The zero-order valence-electron chi connectivity index (χ0n) is 13.5. The third kappa shape index (κ3) is 5.60. The average Bonchev–Trinajstić information content (AvgIpc) is 2.49. The van der Waals surface area contributed by atoms with Gasteiger partial charge in [-0.25, -0.2) is 13.6 Å². The number of piperidine rings is 1. The van der Waals surface area contributed by atoms with E-state index < -0.39 is 10.0 Å². The number of hydrogen-bond donors (Lipinski definition) is 2. The van der Waals surface area contributed by atoms with Crippen LogP contribution < -0.4 is 10.5 Å². The highest BCUT2D eigenvalue weighted by Gasteiger charge is 2.21. The third-order valence-corrected chi connectivity index (χ3v) is 5.26. The summed E-state index contributed by atoms with van der Waals surface area (Å²) in [5.41, 5.74) is 0.965. The van der Waals surface area contributed by atoms with Crippen LogP contribution in [0.5, 0.6) is 0 Å². The largest absolute Gasteiger partial charge is 0.356 e. The molecule has 1 aliphatic rings. The smallest absolute Gasteiger partial charge is 0.238 e. The van der Waals surface area contributed by atoms with E-state index in [0.717, 1.165) is 18.5 Å². The molecule has 0 bridgehead atoms. The molecule has 128 valence electrons. The Kier molecular flexibility index (Phi) is 6.15. The summed E-state index contributed by atoms with van der Waals surface area (Å²) in [5.74, 6) is 0.0740. The van der Waals surface area contributed by atoms with Gasteiger partial charge in [0.2, 0.25) is 15.9 Å². The van der Waals surface area contributed by atoms with Gasteiger partial charge in [0, 0.05) is 19.0 Å². The first kappa shape index (κ1) is 17.9. The first-order valence-electron chi connectivity index (χ1n) is 7.95. The van der Waals surface area contributed by atoms with Gasteiger partial charge in [-0.1, -0.05) is 18.6 Å². The number of sulfonamides is 1. The minimum Gasteiger partial charge on any atom is -0.356 e. The lowest BCUT2D eigenvalue weighted by atomic mass is 10.00. The first-order valence-corrected chi connectivity index (χ1v) is 9.49. The van der Waals surface area contributed by atoms with E-state index in [1.807, 2.05) is 0 Å². The van der Waals surface area contributed by atoms with Gasteiger partial charge in [0.05, 0.1) is 4.90 Å². The molecule has 1 aromatic rings. The molecule has 0 radical (unpaired) electrons. The predicted octanol–water partition coefficient (Wildman–Crippen LogP) is 0.867. The Morgan fingerprint density at radius 2 is 2.00 bits per heavy atom. The number of hydrogen-bond acceptors (Lipinski definition) is 4. The van der Waals surface area contributed by atoms with E-state index in [1.165, 1.54) is 25.0 Å². The van der Waals surface area contributed by atoms with Crippen LogP contribution in [-0.4, -0.2) is 45.4 Å². The molecule has 0 aromatic heterocycles. The molecule has 1 aliphatic heterocycles. The van der Waals surface area contributed by atoms with E-state index in [9.17, 15) is 13.2 Å². The normalized spacial score (nSPS) is 19.5. The minimum atomic E-state index is -3.65. The standard InChI is InChI=1S/C16H25N3O3S/c1-19-11-3-2-4-14(19)12-16(20)18-10-9-13-5-7-15(8-6-13)23(17,21)22/h5-8,14H,2-4,9-12H2,1H3,(H,18,20)(H2,17,21,22)/t14-/m0/s1. The van der Waals surface area contributed by atoms with E-state index in [-0.39, 0.29) is 10.8 Å². The lowest BCUT2D eigenvalue weighted by Crippen LogP contribution is -2.40. The van der Waals surface area contributed by atoms with Crippen LogP contribution in [0.25, 0.3) is 0 Å². The fourth-order valence-electron chi connectivity index (χ4n) is 2.88. The maximum absolute atomic E-state index is 12.0. The van der Waals surface area contributed by atoms with Gasteiger partial charge in [-0.2, -0.15) is 0 Å². The highest BCUT2D eigenvalue weighted by atomic mass is 32.2. The van der Waals surface area contributed by atoms with E-state index in [2.05, 4.69) is 17.3 Å². The molecule has 3 N–H and O–H groups in total. The van der Waals surface area contributed by atoms with Crippen LogP contribution >= 0.6 is 0 Å². The number of amides is 1. The second kappa shape index (κ2) is 7.90. The summed E-state index contributed by atoms with van der Waals surface area (Å²) in [7, 11) is -1.58. The van der Waals surface area contributed by atoms with Crippen LogP contribution in [-0.2, 0) is 21.2 Å². The van der Waals surface area contributed by atoms with Crippen molar-refractivity contribution in [3.05, 3.63) is 29.8 Å². The topological polar surface area (TPSA) is 92.5 Å². The van der Waals surface area contributed by atoms with E-state index >= 15 is 0 Å². The Hall–Kier alpha value is -1.44. The van der Waals surface area contributed by atoms with Crippen molar-refractivity contribution in [2.45, 2.75) is 43.0 Å². The Balaban J connectivity index is 1.75. The monoisotopic (exact) mass is 339 g/mol. The van der Waals surface area contributed by atoms with Crippen molar-refractivity contribution in [2.24, 2.45) is 5.14 Å². The van der Waals surface area contributed by atoms with Crippen molar-refractivity contribution in [3.8, 4) is 0 Å². The molecule has 1 fully saturated rings. The molecule has 0 saturated carbocycles. The van der Waals surface area contributed by atoms with Crippen molar-refractivity contribution in [1.29, 1.82) is 0 Å². The molecule has 1 heterocycles. The highest BCUT2D eigenvalue weighted by molar-refractivity contribution is 7.89. The Labute approximate surface area is 138 Å². The first-order chi connectivity index (χ1) is 10.9. The van der Waals surface area contributed by atoms with Gasteiger partial charge in [0.1, 0.15) is 0 Å². The van der Waals surface area contributed by atoms with Gasteiger partial charge < -0.3 is 10.2 Å². The summed E-state index contributed by atoms with van der Waals surface area (Å²) in [6.45, 7) is 1.61. The van der Waals surface area contributed by atoms with Gasteiger partial charge in [0.25, 0.3) is 0 Å². The van der Waals surface area contributed by atoms with E-state index in [4.69, 9.17) is 5.14 Å². The molecular weight excluding hydrogens is 314 g/mol. The number of primary sulfonamides is 1. The molecule has 0 unspecified atom stereocenters. The van der Waals surface area contributed by atoms with Crippen molar-refractivity contribution in [1.82, 2.24) is 10.2 Å². The lowest BCUT2D eigenvalue weighted by Gasteiger charge is -2.31. The van der Waals surface area contributed by atoms with Crippen molar-refractivity contribution >= 4 is 15.9 Å². The van der Waals surface area contributed by atoms with Gasteiger partial charge in [0.15, 0.2) is 0 Å². The fourth-order valence-corrected chi connectivity index (χ4v) is 3.40. The van der Waals surface area contributed by atoms with E-state index in [1.54, 1.807) is 12.1 Å². The fraction of sp³-hybridized carbons (Fsp3) is 0.562. The van der Waals surface area contributed by atoms with Crippen LogP contribution in [0.4, 0.5) is 0 Å². The molecule has 1 atom stereocenters. The maximum Gasteiger partial charge on any atom is 0.238 e. The Morgan fingerprint density at radius 1 is 1.30 bits per heavy atom. The third-order valence-electron chi connectivity index (χ3n) is 4.33. The van der Waals surface area contributed by atoms with Crippen molar-refractivity contribution < 1.29 is 13.2 Å². The van der Waals surface area contributed by atoms with Gasteiger partial charge in [-0.15, -0.1) is 0 Å². The van der Waals surface area contributed by atoms with Gasteiger partial charge in [-0.3, -0.25) is 4.79 Å². The Bertz CT molecular complexity index is 628. The molecule has 2 rings (SSSR count). The molecule has 0 spiro atoms. The summed E-state index contributed by atoms with van der Waals surface area (Å²) in [6.07, 6.45) is 4.69. The molecule has 23 heavy (non-hydrogen) atoms. The van der Waals surface area contributed by atoms with Crippen LogP contribution in [0.2, 0.25) is 0 Å². The number of nitrogens with two attached hydrogens (primary N) is 1. The highest BCUT2D eigenvalue weighted by Crippen LogP contribution is 2.17. The van der Waals surface area contributed by atoms with E-state index in [0.29, 0.717) is 25.4 Å². The number of benzene rings is 1. The zero-order valence-corrected chi connectivity index (χ0v) is 14.3. The summed E-state index contributed by atoms with van der Waals surface area (Å²) >= 11 is 0. The number of rotatable bonds is 6. The van der Waals surface area contributed by atoms with Gasteiger partial charge in [-0.05, 0) is 50.6 Å². The summed E-state index contributed by atoms with van der Waals surface area (Å²) < 4.78 is 22.4. The maximum atomic E-state index is 12.0. The van der Waals surface area contributed by atoms with Crippen LogP contribution in [0.1, 0.15) is 31.2 Å². The molecular formula is C16H25N3O3S. The SMILES string of the molecule is CN1CCCC[C@H]1CC(=O)NCCc1ccc(S(N)(=O)=O)cc1. The lowest BCUT2D eigenvalue weighted by molar-refractivity contribution is -0.122. The van der Waals surface area contributed by atoms with Crippen LogP contribution in [0.15, 0.2) is 29.2 Å². The molecule has 1 aromatic carbocycles. The second-order valence-corrected chi connectivity index (χ2v) is 7.68. The molecule has 0 aliphatic carbocycles. The number of likely N-dealkylation sites (tertiary alicyclic amines) is 1.